The number of carbonyl (C=O) groups is 1. The average Bonchev–Trinajstić information content (AvgIpc) is 2.85. The van der Waals surface area contributed by atoms with Crippen LogP contribution >= 0.6 is 0 Å². The second-order valence-corrected chi connectivity index (χ2v) is 3.90. The summed E-state index contributed by atoms with van der Waals surface area (Å²) in [7, 11) is 0. The van der Waals surface area contributed by atoms with Crippen LogP contribution in [0.5, 0.6) is 0 Å². The van der Waals surface area contributed by atoms with Crippen LogP contribution in [0, 0.1) is 5.92 Å². The van der Waals surface area contributed by atoms with E-state index in [1.54, 1.807) is 0 Å². The third-order valence-corrected chi connectivity index (χ3v) is 2.41. The second-order valence-electron chi connectivity index (χ2n) is 3.90. The fourth-order valence-corrected chi connectivity index (χ4v) is 1.39. The first kappa shape index (κ1) is 10.5. The second kappa shape index (κ2) is 4.61. The Morgan fingerprint density at radius 1 is 1.62 bits per heavy atom. The number of ether oxygens (including phenoxy) is 1. The van der Waals surface area contributed by atoms with Crippen LogP contribution < -0.4 is 5.73 Å². The molecular weight excluding hydrogens is 166 g/mol. The van der Waals surface area contributed by atoms with E-state index in [1.807, 2.05) is 6.92 Å². The Kier molecular flexibility index (Phi) is 3.72. The van der Waals surface area contributed by atoms with Crippen LogP contribution in [-0.4, -0.2) is 18.1 Å². The molecule has 1 aliphatic carbocycles. The van der Waals surface area contributed by atoms with Gasteiger partial charge in [-0.05, 0) is 32.1 Å². The van der Waals surface area contributed by atoms with Crippen molar-refractivity contribution >= 4 is 5.97 Å². The van der Waals surface area contributed by atoms with E-state index in [0.717, 1.165) is 25.7 Å². The fraction of sp³-hybridized carbons (Fsp3) is 0.900. The monoisotopic (exact) mass is 185 g/mol. The molecule has 2 atom stereocenters. The molecule has 0 saturated heterocycles. The van der Waals surface area contributed by atoms with E-state index >= 15 is 0 Å². The number of nitrogens with two attached hydrogens (primary N) is 1. The standard InChI is InChI=1S/C10H19NO2/c1-3-4-7(2)13-10(12)9(11)8-5-6-8/h7-9H,3-6,11H2,1-2H3. The number of esters is 1. The summed E-state index contributed by atoms with van der Waals surface area (Å²) in [5.74, 6) is 0.171. The van der Waals surface area contributed by atoms with Gasteiger partial charge >= 0.3 is 5.97 Å². The van der Waals surface area contributed by atoms with Gasteiger partial charge in [-0.2, -0.15) is 0 Å². The van der Waals surface area contributed by atoms with Crippen LogP contribution in [0.3, 0.4) is 0 Å². The van der Waals surface area contributed by atoms with E-state index < -0.39 is 0 Å². The van der Waals surface area contributed by atoms with Crippen molar-refractivity contribution in [2.45, 2.75) is 51.7 Å². The molecule has 0 heterocycles. The fourth-order valence-electron chi connectivity index (χ4n) is 1.39. The lowest BCUT2D eigenvalue weighted by molar-refractivity contribution is -0.150. The molecule has 1 aliphatic rings. The van der Waals surface area contributed by atoms with Crippen molar-refractivity contribution in [3.05, 3.63) is 0 Å². The van der Waals surface area contributed by atoms with Gasteiger partial charge < -0.3 is 10.5 Å². The molecule has 1 saturated carbocycles. The molecule has 0 radical (unpaired) electrons. The minimum absolute atomic E-state index is 0.0160. The van der Waals surface area contributed by atoms with Crippen molar-refractivity contribution in [2.75, 3.05) is 0 Å². The molecule has 3 nitrogen and oxygen atoms in total. The molecule has 0 amide bonds. The summed E-state index contributed by atoms with van der Waals surface area (Å²) in [6.45, 7) is 3.99. The number of hydrogen-bond acceptors (Lipinski definition) is 3. The number of carbonyl (C=O) groups excluding carboxylic acids is 1. The molecular formula is C10H19NO2. The molecule has 0 aromatic rings. The Hall–Kier alpha value is -0.570. The van der Waals surface area contributed by atoms with Crippen molar-refractivity contribution < 1.29 is 9.53 Å². The third kappa shape index (κ3) is 3.35. The van der Waals surface area contributed by atoms with Crippen molar-refractivity contribution in [1.82, 2.24) is 0 Å². The van der Waals surface area contributed by atoms with Gasteiger partial charge in [0, 0.05) is 0 Å². The van der Waals surface area contributed by atoms with E-state index in [9.17, 15) is 4.79 Å². The van der Waals surface area contributed by atoms with Crippen LogP contribution in [0.25, 0.3) is 0 Å². The Balaban J connectivity index is 2.22. The Morgan fingerprint density at radius 3 is 2.69 bits per heavy atom. The molecule has 0 aliphatic heterocycles. The van der Waals surface area contributed by atoms with Crippen LogP contribution in [0.4, 0.5) is 0 Å². The lowest BCUT2D eigenvalue weighted by Crippen LogP contribution is -2.36. The van der Waals surface area contributed by atoms with Crippen LogP contribution in [0.15, 0.2) is 0 Å². The van der Waals surface area contributed by atoms with Gasteiger partial charge in [0.2, 0.25) is 0 Å². The maximum absolute atomic E-state index is 11.4. The zero-order valence-electron chi connectivity index (χ0n) is 8.45. The molecule has 3 heteroatoms. The zero-order valence-corrected chi connectivity index (χ0v) is 8.45. The van der Waals surface area contributed by atoms with Crippen LogP contribution in [0.2, 0.25) is 0 Å². The maximum atomic E-state index is 11.4. The summed E-state index contributed by atoms with van der Waals surface area (Å²) in [5.41, 5.74) is 5.69. The molecule has 2 N–H and O–H groups in total. The summed E-state index contributed by atoms with van der Waals surface area (Å²) in [6.07, 6.45) is 4.13. The highest BCUT2D eigenvalue weighted by atomic mass is 16.5. The van der Waals surface area contributed by atoms with Gasteiger partial charge in [-0.3, -0.25) is 4.79 Å². The average molecular weight is 185 g/mol. The lowest BCUT2D eigenvalue weighted by atomic mass is 10.2. The molecule has 0 spiro atoms. The molecule has 1 rings (SSSR count). The predicted molar refractivity (Wildman–Crippen MR) is 51.2 cm³/mol. The van der Waals surface area contributed by atoms with Gasteiger partial charge in [0.25, 0.3) is 0 Å². The molecule has 0 aromatic heterocycles. The van der Waals surface area contributed by atoms with Crippen molar-refractivity contribution in [3.8, 4) is 0 Å². The van der Waals surface area contributed by atoms with E-state index in [2.05, 4.69) is 6.92 Å². The van der Waals surface area contributed by atoms with Gasteiger partial charge in [-0.15, -0.1) is 0 Å². The van der Waals surface area contributed by atoms with Gasteiger partial charge in [0.1, 0.15) is 6.04 Å². The highest BCUT2D eigenvalue weighted by Gasteiger charge is 2.34. The summed E-state index contributed by atoms with van der Waals surface area (Å²) in [5, 5.41) is 0. The van der Waals surface area contributed by atoms with Gasteiger partial charge in [-0.25, -0.2) is 0 Å². The molecule has 2 unspecified atom stereocenters. The summed E-state index contributed by atoms with van der Waals surface area (Å²) in [6, 6.07) is -0.376. The third-order valence-electron chi connectivity index (χ3n) is 2.41. The summed E-state index contributed by atoms with van der Waals surface area (Å²) < 4.78 is 5.19. The molecule has 1 fully saturated rings. The van der Waals surface area contributed by atoms with Crippen LogP contribution in [-0.2, 0) is 9.53 Å². The highest BCUT2D eigenvalue weighted by Crippen LogP contribution is 2.32. The zero-order chi connectivity index (χ0) is 9.84. The molecule has 0 bridgehead atoms. The first-order valence-corrected chi connectivity index (χ1v) is 5.11. The van der Waals surface area contributed by atoms with Crippen molar-refractivity contribution in [2.24, 2.45) is 11.7 Å². The van der Waals surface area contributed by atoms with E-state index in [0.29, 0.717) is 5.92 Å². The van der Waals surface area contributed by atoms with Gasteiger partial charge in [0.15, 0.2) is 0 Å². The molecule has 13 heavy (non-hydrogen) atoms. The van der Waals surface area contributed by atoms with Crippen molar-refractivity contribution in [1.29, 1.82) is 0 Å². The first-order valence-electron chi connectivity index (χ1n) is 5.11. The largest absolute Gasteiger partial charge is 0.462 e. The van der Waals surface area contributed by atoms with E-state index in [1.165, 1.54) is 0 Å². The quantitative estimate of drug-likeness (QED) is 0.660. The van der Waals surface area contributed by atoms with E-state index in [-0.39, 0.29) is 18.1 Å². The minimum atomic E-state index is -0.376. The number of hydrogen-bond donors (Lipinski definition) is 1. The Labute approximate surface area is 79.6 Å². The maximum Gasteiger partial charge on any atom is 0.323 e. The highest BCUT2D eigenvalue weighted by molar-refractivity contribution is 5.76. The van der Waals surface area contributed by atoms with E-state index in [4.69, 9.17) is 10.5 Å². The summed E-state index contributed by atoms with van der Waals surface area (Å²) in [4.78, 5) is 11.4. The molecule has 0 aromatic carbocycles. The first-order chi connectivity index (χ1) is 6.15. The smallest absolute Gasteiger partial charge is 0.323 e. The topological polar surface area (TPSA) is 52.3 Å². The lowest BCUT2D eigenvalue weighted by Gasteiger charge is -2.15. The van der Waals surface area contributed by atoms with Gasteiger partial charge in [-0.1, -0.05) is 13.3 Å². The minimum Gasteiger partial charge on any atom is -0.462 e. The predicted octanol–water partition coefficient (Wildman–Crippen LogP) is 1.46. The number of rotatable bonds is 5. The summed E-state index contributed by atoms with van der Waals surface area (Å²) >= 11 is 0. The Morgan fingerprint density at radius 2 is 2.23 bits per heavy atom. The van der Waals surface area contributed by atoms with Crippen LogP contribution in [0.1, 0.15) is 39.5 Å². The normalized spacial score (nSPS) is 20.8. The van der Waals surface area contributed by atoms with Crippen molar-refractivity contribution in [3.63, 3.8) is 0 Å². The molecule has 76 valence electrons. The van der Waals surface area contributed by atoms with Gasteiger partial charge in [0.05, 0.1) is 6.10 Å². The SMILES string of the molecule is CCCC(C)OC(=O)C(N)C1CC1. The Bertz CT molecular complexity index is 178.